The van der Waals surface area contributed by atoms with Crippen molar-refractivity contribution in [1.82, 2.24) is 20.0 Å². The molecule has 9 nitrogen and oxygen atoms in total. The molecule has 0 radical (unpaired) electrons. The molecule has 35 heavy (non-hydrogen) atoms. The number of amides is 1. The van der Waals surface area contributed by atoms with Gasteiger partial charge in [0.1, 0.15) is 0 Å². The Kier molecular flexibility index (Phi) is 10.7. The van der Waals surface area contributed by atoms with Crippen molar-refractivity contribution in [2.75, 3.05) is 26.2 Å². The molecule has 1 aromatic rings. The van der Waals surface area contributed by atoms with Crippen molar-refractivity contribution in [2.24, 2.45) is 5.92 Å². The lowest BCUT2D eigenvalue weighted by atomic mass is 10.0. The van der Waals surface area contributed by atoms with Crippen LogP contribution in [0.3, 0.4) is 0 Å². The van der Waals surface area contributed by atoms with E-state index in [4.69, 9.17) is 19.8 Å². The summed E-state index contributed by atoms with van der Waals surface area (Å²) >= 11 is 0. The fourth-order valence-corrected chi connectivity index (χ4v) is 2.95. The van der Waals surface area contributed by atoms with Crippen LogP contribution in [-0.4, -0.2) is 86.6 Å². The summed E-state index contributed by atoms with van der Waals surface area (Å²) in [4.78, 5) is 34.6. The van der Waals surface area contributed by atoms with Crippen molar-refractivity contribution < 1.29 is 50.9 Å². The second kappa shape index (κ2) is 12.6. The molecule has 0 fully saturated rings. The normalized spacial score (nSPS) is 15.6. The van der Waals surface area contributed by atoms with Crippen LogP contribution >= 0.6 is 0 Å². The average molecular weight is 516 g/mol. The third-order valence-electron chi connectivity index (χ3n) is 4.83. The molecular formula is C20H26F6N4O5. The molecule has 1 amide bonds. The fraction of sp³-hybridized carbons (Fsp3) is 0.600. The Morgan fingerprint density at radius 3 is 1.94 bits per heavy atom. The van der Waals surface area contributed by atoms with E-state index >= 15 is 0 Å². The zero-order chi connectivity index (χ0) is 27.0. The molecule has 0 saturated carbocycles. The lowest BCUT2D eigenvalue weighted by Gasteiger charge is -2.27. The number of alkyl halides is 6. The van der Waals surface area contributed by atoms with E-state index in [2.05, 4.69) is 28.9 Å². The van der Waals surface area contributed by atoms with Gasteiger partial charge in [0.25, 0.3) is 5.91 Å². The number of fused-ring (bicyclic) bond motifs is 1. The van der Waals surface area contributed by atoms with E-state index < -0.39 is 24.3 Å². The van der Waals surface area contributed by atoms with Gasteiger partial charge >= 0.3 is 24.3 Å². The number of aliphatic carboxylic acids is 2. The summed E-state index contributed by atoms with van der Waals surface area (Å²) in [6.07, 6.45) is -3.93. The number of H-pyrrole nitrogens is 1. The molecule has 2 aliphatic rings. The number of carboxylic acid groups (broad SMARTS) is 2. The maximum absolute atomic E-state index is 12.5. The number of carbonyl (C=O) groups excluding carboxylic acids is 1. The topological polar surface area (TPSA) is 127 Å². The van der Waals surface area contributed by atoms with Crippen LogP contribution in [0.25, 0.3) is 0 Å². The van der Waals surface area contributed by atoms with Gasteiger partial charge in [0.05, 0.1) is 0 Å². The van der Waals surface area contributed by atoms with Gasteiger partial charge in [-0.3, -0.25) is 14.8 Å². The minimum absolute atomic E-state index is 0.0585. The number of nitrogens with zero attached hydrogens (tertiary/aromatic N) is 3. The van der Waals surface area contributed by atoms with Gasteiger partial charge in [0.15, 0.2) is 5.69 Å². The summed E-state index contributed by atoms with van der Waals surface area (Å²) in [5.41, 5.74) is 2.89. The number of aromatic amines is 1. The van der Waals surface area contributed by atoms with Crippen molar-refractivity contribution in [2.45, 2.75) is 45.6 Å². The first kappa shape index (κ1) is 29.9. The van der Waals surface area contributed by atoms with E-state index in [9.17, 15) is 31.1 Å². The SMILES string of the molecule is CC(C)CCN1CCc2[nH]nc(C(=O)N3CC=CC3)c2C1.O=C(O)C(F)(F)F.O=C(O)C(F)(F)F. The molecule has 0 spiro atoms. The highest BCUT2D eigenvalue weighted by molar-refractivity contribution is 5.94. The number of hydrogen-bond acceptors (Lipinski definition) is 5. The van der Waals surface area contributed by atoms with Gasteiger partial charge < -0.3 is 15.1 Å². The first-order valence-corrected chi connectivity index (χ1v) is 10.4. The highest BCUT2D eigenvalue weighted by atomic mass is 19.4. The standard InChI is InChI=1S/C16H24N4O.2C2HF3O2/c1-12(2)5-9-19-10-6-14-13(11-19)15(18-17-14)16(21)20-7-3-4-8-20;2*3-2(4,5)1(6)7/h3-4,12H,5-11H2,1-2H3,(H,17,18);2*(H,6,7). The molecule has 1 aromatic heterocycles. The Balaban J connectivity index is 0.000000362. The number of carbonyl (C=O) groups is 3. The number of hydrogen-bond donors (Lipinski definition) is 3. The predicted molar refractivity (Wildman–Crippen MR) is 109 cm³/mol. The number of carboxylic acids is 2. The van der Waals surface area contributed by atoms with Crippen LogP contribution < -0.4 is 0 Å². The van der Waals surface area contributed by atoms with E-state index in [-0.39, 0.29) is 5.91 Å². The average Bonchev–Trinajstić information content (AvgIpc) is 3.41. The summed E-state index contributed by atoms with van der Waals surface area (Å²) in [6, 6.07) is 0. The lowest BCUT2D eigenvalue weighted by Crippen LogP contribution is -2.34. The summed E-state index contributed by atoms with van der Waals surface area (Å²) < 4.78 is 63.5. The van der Waals surface area contributed by atoms with E-state index in [1.807, 2.05) is 17.1 Å². The van der Waals surface area contributed by atoms with Gasteiger partial charge in [0.2, 0.25) is 0 Å². The van der Waals surface area contributed by atoms with Gasteiger partial charge in [-0.25, -0.2) is 9.59 Å². The van der Waals surface area contributed by atoms with Crippen LogP contribution in [0.15, 0.2) is 12.2 Å². The smallest absolute Gasteiger partial charge is 0.475 e. The van der Waals surface area contributed by atoms with Gasteiger partial charge in [-0.05, 0) is 18.9 Å². The van der Waals surface area contributed by atoms with E-state index in [0.29, 0.717) is 24.7 Å². The highest BCUT2D eigenvalue weighted by Crippen LogP contribution is 2.22. The minimum Gasteiger partial charge on any atom is -0.475 e. The van der Waals surface area contributed by atoms with Crippen molar-refractivity contribution in [3.05, 3.63) is 29.1 Å². The molecule has 3 heterocycles. The largest absolute Gasteiger partial charge is 0.490 e. The third-order valence-corrected chi connectivity index (χ3v) is 4.83. The number of aromatic nitrogens is 2. The monoisotopic (exact) mass is 516 g/mol. The zero-order valence-corrected chi connectivity index (χ0v) is 18.9. The Morgan fingerprint density at radius 2 is 1.51 bits per heavy atom. The highest BCUT2D eigenvalue weighted by Gasteiger charge is 2.38. The Labute approximate surface area is 196 Å². The first-order chi connectivity index (χ1) is 16.0. The van der Waals surface area contributed by atoms with Crippen molar-refractivity contribution in [1.29, 1.82) is 0 Å². The number of halogens is 6. The van der Waals surface area contributed by atoms with Crippen LogP contribution in [0.5, 0.6) is 0 Å². The maximum Gasteiger partial charge on any atom is 0.490 e. The van der Waals surface area contributed by atoms with E-state index in [1.165, 1.54) is 6.42 Å². The van der Waals surface area contributed by atoms with Crippen molar-refractivity contribution in [3.8, 4) is 0 Å². The molecule has 2 aliphatic heterocycles. The first-order valence-electron chi connectivity index (χ1n) is 10.4. The van der Waals surface area contributed by atoms with Gasteiger partial charge in [-0.15, -0.1) is 0 Å². The molecule has 0 atom stereocenters. The van der Waals surface area contributed by atoms with Crippen LogP contribution in [0.4, 0.5) is 26.3 Å². The van der Waals surface area contributed by atoms with Gasteiger partial charge in [-0.1, -0.05) is 26.0 Å². The minimum atomic E-state index is -5.08. The van der Waals surface area contributed by atoms with Crippen LogP contribution in [0.1, 0.15) is 42.0 Å². The molecule has 3 rings (SSSR count). The second-order valence-corrected chi connectivity index (χ2v) is 8.03. The lowest BCUT2D eigenvalue weighted by molar-refractivity contribution is -0.193. The fourth-order valence-electron chi connectivity index (χ4n) is 2.95. The van der Waals surface area contributed by atoms with Crippen LogP contribution in [0, 0.1) is 5.92 Å². The molecule has 0 aromatic carbocycles. The summed E-state index contributed by atoms with van der Waals surface area (Å²) in [6.45, 7) is 8.92. The third kappa shape index (κ3) is 9.96. The molecular weight excluding hydrogens is 490 g/mol. The van der Waals surface area contributed by atoms with Crippen LogP contribution in [-0.2, 0) is 22.6 Å². The quantitative estimate of drug-likeness (QED) is 0.415. The zero-order valence-electron chi connectivity index (χ0n) is 18.9. The maximum atomic E-state index is 12.5. The molecule has 3 N–H and O–H groups in total. The molecule has 0 bridgehead atoms. The van der Waals surface area contributed by atoms with Gasteiger partial charge in [-0.2, -0.15) is 31.4 Å². The number of nitrogens with one attached hydrogen (secondary N) is 1. The summed E-state index contributed by atoms with van der Waals surface area (Å²) in [5, 5.41) is 21.6. The Hall–Kier alpha value is -3.10. The molecule has 0 aliphatic carbocycles. The van der Waals surface area contributed by atoms with E-state index in [1.54, 1.807) is 0 Å². The van der Waals surface area contributed by atoms with Crippen molar-refractivity contribution >= 4 is 17.8 Å². The Morgan fingerprint density at radius 1 is 1.03 bits per heavy atom. The van der Waals surface area contributed by atoms with Crippen LogP contribution in [0.2, 0.25) is 0 Å². The molecule has 15 heteroatoms. The molecule has 0 saturated heterocycles. The predicted octanol–water partition coefficient (Wildman–Crippen LogP) is 3.09. The molecule has 198 valence electrons. The van der Waals surface area contributed by atoms with Crippen molar-refractivity contribution in [3.63, 3.8) is 0 Å². The van der Waals surface area contributed by atoms with E-state index in [0.717, 1.165) is 37.3 Å². The second-order valence-electron chi connectivity index (χ2n) is 8.03. The number of rotatable bonds is 4. The van der Waals surface area contributed by atoms with Gasteiger partial charge in [0, 0.05) is 43.9 Å². The summed E-state index contributed by atoms with van der Waals surface area (Å²) in [5.74, 6) is -4.74. The summed E-state index contributed by atoms with van der Waals surface area (Å²) in [7, 11) is 0. The molecule has 0 unspecified atom stereocenters. The Bertz CT molecular complexity index is 879.